The van der Waals surface area contributed by atoms with Crippen molar-refractivity contribution in [3.63, 3.8) is 0 Å². The second-order valence-electron chi connectivity index (χ2n) is 7.76. The van der Waals surface area contributed by atoms with Gasteiger partial charge >= 0.3 is 0 Å². The number of aromatic nitrogens is 3. The number of carbonyl (C=O) groups is 2. The van der Waals surface area contributed by atoms with Gasteiger partial charge in [-0.3, -0.25) is 9.59 Å². The highest BCUT2D eigenvalue weighted by molar-refractivity contribution is 7.13. The van der Waals surface area contributed by atoms with Gasteiger partial charge in [-0.05, 0) is 43.3 Å². The Morgan fingerprint density at radius 3 is 2.55 bits per heavy atom. The lowest BCUT2D eigenvalue weighted by Gasteiger charge is -2.40. The summed E-state index contributed by atoms with van der Waals surface area (Å²) < 4.78 is 1.61. The maximum absolute atomic E-state index is 13.2. The molecule has 1 aromatic carbocycles. The second kappa shape index (κ2) is 9.01. The fraction of sp³-hybridized carbons (Fsp3) is 0.391. The third-order valence-corrected chi connectivity index (χ3v) is 6.64. The number of benzene rings is 1. The number of aryl methyl sites for hydroxylation is 2. The molecule has 0 aliphatic carbocycles. The van der Waals surface area contributed by atoms with E-state index in [1.807, 2.05) is 24.8 Å². The number of carbonyl (C=O) groups excluding carboxylic acids is 2. The monoisotopic (exact) mass is 437 g/mol. The molecule has 0 unspecified atom stereocenters. The maximum atomic E-state index is 13.2. The third kappa shape index (κ3) is 4.54. The van der Waals surface area contributed by atoms with Crippen LogP contribution in [0.1, 0.15) is 24.1 Å². The second-order valence-corrected chi connectivity index (χ2v) is 8.71. The minimum atomic E-state index is -0.501. The molecule has 1 fully saturated rings. The van der Waals surface area contributed by atoms with Gasteiger partial charge in [0.05, 0.1) is 0 Å². The standard InChI is InChI=1S/C23H27N5O2S/c1-4-26-11-12-27(22(29)15-28-17(3)24-16(2)25-28)20(23(26)30)14-18-7-9-19(10-8-18)21-6-5-13-31-21/h5-10,13,20H,4,11-12,14-15H2,1-3H3/t20-/m1/s1. The molecule has 1 aliphatic heterocycles. The third-order valence-electron chi connectivity index (χ3n) is 5.72. The number of piperazine rings is 1. The van der Waals surface area contributed by atoms with Gasteiger partial charge in [0.15, 0.2) is 0 Å². The first kappa shape index (κ1) is 21.2. The molecule has 0 spiro atoms. The lowest BCUT2D eigenvalue weighted by atomic mass is 9.99. The van der Waals surface area contributed by atoms with E-state index in [1.165, 1.54) is 4.88 Å². The maximum Gasteiger partial charge on any atom is 0.245 e. The molecule has 0 N–H and O–H groups in total. The molecule has 0 radical (unpaired) electrons. The number of likely N-dealkylation sites (N-methyl/N-ethyl adjacent to an activating group) is 1. The van der Waals surface area contributed by atoms with Crippen LogP contribution < -0.4 is 0 Å². The Kier molecular flexibility index (Phi) is 6.18. The van der Waals surface area contributed by atoms with Crippen LogP contribution >= 0.6 is 11.3 Å². The van der Waals surface area contributed by atoms with Crippen molar-refractivity contribution >= 4 is 23.2 Å². The molecule has 1 atom stereocenters. The first-order valence-electron chi connectivity index (χ1n) is 10.6. The van der Waals surface area contributed by atoms with E-state index in [1.54, 1.807) is 27.8 Å². The zero-order valence-electron chi connectivity index (χ0n) is 18.1. The molecule has 2 aromatic heterocycles. The molecule has 31 heavy (non-hydrogen) atoms. The van der Waals surface area contributed by atoms with Gasteiger partial charge in [-0.1, -0.05) is 30.3 Å². The van der Waals surface area contributed by atoms with Crippen molar-refractivity contribution in [2.24, 2.45) is 0 Å². The van der Waals surface area contributed by atoms with E-state index < -0.39 is 6.04 Å². The number of amides is 2. The molecule has 2 amide bonds. The quantitative estimate of drug-likeness (QED) is 0.595. The first-order valence-corrected chi connectivity index (χ1v) is 11.4. The number of thiophene rings is 1. The number of rotatable bonds is 6. The van der Waals surface area contributed by atoms with Gasteiger partial charge in [-0.25, -0.2) is 9.67 Å². The van der Waals surface area contributed by atoms with Crippen molar-refractivity contribution < 1.29 is 9.59 Å². The van der Waals surface area contributed by atoms with E-state index in [0.29, 0.717) is 37.7 Å². The van der Waals surface area contributed by atoms with E-state index in [4.69, 9.17) is 0 Å². The zero-order valence-corrected chi connectivity index (χ0v) is 18.9. The molecule has 0 bridgehead atoms. The number of hydrogen-bond acceptors (Lipinski definition) is 5. The molecule has 0 saturated carbocycles. The van der Waals surface area contributed by atoms with E-state index >= 15 is 0 Å². The average Bonchev–Trinajstić information content (AvgIpc) is 3.40. The van der Waals surface area contributed by atoms with Gasteiger partial charge in [0.1, 0.15) is 24.2 Å². The number of nitrogens with zero attached hydrogens (tertiary/aromatic N) is 5. The summed E-state index contributed by atoms with van der Waals surface area (Å²) in [6.07, 6.45) is 0.501. The Labute approximate surface area is 186 Å². The van der Waals surface area contributed by atoms with Crippen LogP contribution in [0, 0.1) is 13.8 Å². The van der Waals surface area contributed by atoms with Crippen LogP contribution in [-0.2, 0) is 22.6 Å². The van der Waals surface area contributed by atoms with Crippen LogP contribution in [0.15, 0.2) is 41.8 Å². The van der Waals surface area contributed by atoms with E-state index in [0.717, 1.165) is 11.1 Å². The fourth-order valence-corrected chi connectivity index (χ4v) is 4.78. The predicted molar refractivity (Wildman–Crippen MR) is 121 cm³/mol. The lowest BCUT2D eigenvalue weighted by Crippen LogP contribution is -2.59. The lowest BCUT2D eigenvalue weighted by molar-refractivity contribution is -0.151. The molecule has 7 nitrogen and oxygen atoms in total. The molecule has 4 rings (SSSR count). The van der Waals surface area contributed by atoms with Crippen molar-refractivity contribution in [2.75, 3.05) is 19.6 Å². The van der Waals surface area contributed by atoms with Crippen molar-refractivity contribution in [3.05, 3.63) is 59.0 Å². The van der Waals surface area contributed by atoms with Crippen LogP contribution in [0.3, 0.4) is 0 Å². The van der Waals surface area contributed by atoms with Crippen LogP contribution in [-0.4, -0.2) is 62.1 Å². The van der Waals surface area contributed by atoms with Crippen LogP contribution in [0.4, 0.5) is 0 Å². The Morgan fingerprint density at radius 2 is 1.94 bits per heavy atom. The van der Waals surface area contributed by atoms with Gasteiger partial charge in [0, 0.05) is 30.9 Å². The van der Waals surface area contributed by atoms with Gasteiger partial charge in [-0.15, -0.1) is 11.3 Å². The summed E-state index contributed by atoms with van der Waals surface area (Å²) in [6.45, 7) is 7.45. The normalized spacial score (nSPS) is 16.7. The number of hydrogen-bond donors (Lipinski definition) is 0. The summed E-state index contributed by atoms with van der Waals surface area (Å²) in [4.78, 5) is 35.3. The molecule has 1 saturated heterocycles. The van der Waals surface area contributed by atoms with Crippen LogP contribution in [0.5, 0.6) is 0 Å². The smallest absolute Gasteiger partial charge is 0.245 e. The molecule has 8 heteroatoms. The van der Waals surface area contributed by atoms with Gasteiger partial charge in [0.25, 0.3) is 0 Å². The Bertz CT molecular complexity index is 1060. The molecule has 3 heterocycles. The van der Waals surface area contributed by atoms with Crippen molar-refractivity contribution in [1.29, 1.82) is 0 Å². The Balaban J connectivity index is 1.54. The Morgan fingerprint density at radius 1 is 1.16 bits per heavy atom. The van der Waals surface area contributed by atoms with Crippen molar-refractivity contribution in [2.45, 2.75) is 39.8 Å². The predicted octanol–water partition coefficient (Wildman–Crippen LogP) is 2.93. The first-order chi connectivity index (χ1) is 15.0. The summed E-state index contributed by atoms with van der Waals surface area (Å²) in [6, 6.07) is 11.9. The molecule has 3 aromatic rings. The van der Waals surface area contributed by atoms with E-state index in [9.17, 15) is 9.59 Å². The highest BCUT2D eigenvalue weighted by Crippen LogP contribution is 2.26. The summed E-state index contributed by atoms with van der Waals surface area (Å²) in [5.74, 6) is 1.25. The van der Waals surface area contributed by atoms with E-state index in [2.05, 4.69) is 45.8 Å². The zero-order chi connectivity index (χ0) is 22.0. The summed E-state index contributed by atoms with van der Waals surface area (Å²) in [5.41, 5.74) is 2.20. The van der Waals surface area contributed by atoms with Gasteiger partial charge in [0.2, 0.25) is 11.8 Å². The Hall–Kier alpha value is -3.00. The highest BCUT2D eigenvalue weighted by atomic mass is 32.1. The molecular formula is C23H27N5O2S. The minimum Gasteiger partial charge on any atom is -0.339 e. The topological polar surface area (TPSA) is 71.3 Å². The summed E-state index contributed by atoms with van der Waals surface area (Å²) in [5, 5.41) is 6.36. The SMILES string of the molecule is CCN1CCN(C(=O)Cn2nc(C)nc2C)[C@H](Cc2ccc(-c3cccs3)cc2)C1=O. The van der Waals surface area contributed by atoms with Gasteiger partial charge in [-0.2, -0.15) is 5.10 Å². The van der Waals surface area contributed by atoms with Gasteiger partial charge < -0.3 is 9.80 Å². The van der Waals surface area contributed by atoms with Crippen LogP contribution in [0.25, 0.3) is 10.4 Å². The summed E-state index contributed by atoms with van der Waals surface area (Å²) in [7, 11) is 0. The minimum absolute atomic E-state index is 0.0101. The molecular weight excluding hydrogens is 410 g/mol. The molecule has 1 aliphatic rings. The van der Waals surface area contributed by atoms with Crippen LogP contribution in [0.2, 0.25) is 0 Å². The van der Waals surface area contributed by atoms with Crippen molar-refractivity contribution in [1.82, 2.24) is 24.6 Å². The van der Waals surface area contributed by atoms with E-state index in [-0.39, 0.29) is 18.4 Å². The van der Waals surface area contributed by atoms with Crippen molar-refractivity contribution in [3.8, 4) is 10.4 Å². The fourth-order valence-electron chi connectivity index (χ4n) is 4.05. The average molecular weight is 438 g/mol. The highest BCUT2D eigenvalue weighted by Gasteiger charge is 2.37. The summed E-state index contributed by atoms with van der Waals surface area (Å²) >= 11 is 1.70. The molecule has 162 valence electrons. The largest absolute Gasteiger partial charge is 0.339 e.